The smallest absolute Gasteiger partial charge is 0.241 e. The predicted molar refractivity (Wildman–Crippen MR) is 84.2 cm³/mol. The van der Waals surface area contributed by atoms with E-state index in [1.54, 1.807) is 18.2 Å². The maximum Gasteiger partial charge on any atom is 0.241 e. The highest BCUT2D eigenvalue weighted by Crippen LogP contribution is 2.28. The Morgan fingerprint density at radius 1 is 1.33 bits per heavy atom. The lowest BCUT2D eigenvalue weighted by Gasteiger charge is -2.14. The molecule has 7 heteroatoms. The third kappa shape index (κ3) is 4.61. The highest BCUT2D eigenvalue weighted by atomic mass is 35.5. The van der Waals surface area contributed by atoms with E-state index in [1.165, 1.54) is 14.0 Å². The van der Waals surface area contributed by atoms with E-state index >= 15 is 0 Å². The molecule has 1 saturated heterocycles. The van der Waals surface area contributed by atoms with Gasteiger partial charge in [-0.05, 0) is 31.5 Å². The van der Waals surface area contributed by atoms with Crippen LogP contribution in [0.15, 0.2) is 18.2 Å². The van der Waals surface area contributed by atoms with Gasteiger partial charge in [0.05, 0.1) is 18.8 Å². The van der Waals surface area contributed by atoms with Crippen LogP contribution in [0.5, 0.6) is 5.75 Å². The molecule has 0 saturated carbocycles. The molecule has 1 aliphatic heterocycles. The predicted octanol–water partition coefficient (Wildman–Crippen LogP) is 1.77. The second-order valence-electron chi connectivity index (χ2n) is 4.73. The summed E-state index contributed by atoms with van der Waals surface area (Å²) in [7, 11) is 1.52. The molecule has 1 aromatic carbocycles. The van der Waals surface area contributed by atoms with Gasteiger partial charge in [0.25, 0.3) is 0 Å². The summed E-state index contributed by atoms with van der Waals surface area (Å²) in [5.41, 5.74) is 1.23. The van der Waals surface area contributed by atoms with Crippen LogP contribution in [0, 0.1) is 0 Å². The highest BCUT2D eigenvalue weighted by molar-refractivity contribution is 5.96. The fourth-order valence-corrected chi connectivity index (χ4v) is 2.20. The van der Waals surface area contributed by atoms with Crippen molar-refractivity contribution in [2.24, 2.45) is 0 Å². The minimum Gasteiger partial charge on any atom is -0.494 e. The average Bonchev–Trinajstić information content (AvgIpc) is 2.94. The number of hydrogen-bond donors (Lipinski definition) is 3. The number of halogens is 1. The zero-order valence-corrected chi connectivity index (χ0v) is 12.9. The summed E-state index contributed by atoms with van der Waals surface area (Å²) in [6, 6.07) is 5.01. The van der Waals surface area contributed by atoms with Crippen molar-refractivity contribution in [3.05, 3.63) is 18.2 Å². The molecule has 0 aromatic heterocycles. The van der Waals surface area contributed by atoms with Crippen molar-refractivity contribution in [2.75, 3.05) is 24.3 Å². The van der Waals surface area contributed by atoms with Crippen LogP contribution in [0.3, 0.4) is 0 Å². The Morgan fingerprint density at radius 3 is 2.67 bits per heavy atom. The summed E-state index contributed by atoms with van der Waals surface area (Å²) in [4.78, 5) is 23.1. The fraction of sp³-hybridized carbons (Fsp3) is 0.429. The first kappa shape index (κ1) is 17.3. The molecule has 1 unspecified atom stereocenters. The maximum absolute atomic E-state index is 12.0. The van der Waals surface area contributed by atoms with Crippen molar-refractivity contribution in [3.8, 4) is 5.75 Å². The molecule has 1 heterocycles. The summed E-state index contributed by atoms with van der Waals surface area (Å²) in [5.74, 6) is 0.296. The van der Waals surface area contributed by atoms with Crippen molar-refractivity contribution in [3.63, 3.8) is 0 Å². The molecule has 1 aliphatic rings. The van der Waals surface area contributed by atoms with Crippen LogP contribution in [-0.4, -0.2) is 31.5 Å². The minimum atomic E-state index is -0.171. The number of carbonyl (C=O) groups excluding carboxylic acids is 2. The molecule has 0 aliphatic carbocycles. The van der Waals surface area contributed by atoms with E-state index in [-0.39, 0.29) is 30.3 Å². The zero-order chi connectivity index (χ0) is 14.5. The number of methoxy groups -OCH3 is 1. The van der Waals surface area contributed by atoms with Gasteiger partial charge in [-0.25, -0.2) is 0 Å². The van der Waals surface area contributed by atoms with Crippen molar-refractivity contribution in [1.82, 2.24) is 5.32 Å². The Balaban J connectivity index is 0.00000220. The van der Waals surface area contributed by atoms with Crippen LogP contribution in [0.1, 0.15) is 19.8 Å². The van der Waals surface area contributed by atoms with Gasteiger partial charge in [-0.3, -0.25) is 9.59 Å². The van der Waals surface area contributed by atoms with Crippen LogP contribution in [-0.2, 0) is 9.59 Å². The standard InChI is InChI=1S/C14H19N3O3.ClH/c1-9(18)16-11-6-5-10(8-13(11)20-2)17-14(19)12-4-3-7-15-12;/h5-6,8,12,15H,3-4,7H2,1-2H3,(H,16,18)(H,17,19);1H. The molecule has 0 radical (unpaired) electrons. The van der Waals surface area contributed by atoms with E-state index in [4.69, 9.17) is 4.74 Å². The molecule has 2 amide bonds. The molecule has 0 bridgehead atoms. The Labute approximate surface area is 130 Å². The Morgan fingerprint density at radius 2 is 2.10 bits per heavy atom. The number of benzene rings is 1. The molecule has 21 heavy (non-hydrogen) atoms. The largest absolute Gasteiger partial charge is 0.494 e. The van der Waals surface area contributed by atoms with E-state index in [1.807, 2.05) is 0 Å². The van der Waals surface area contributed by atoms with Crippen molar-refractivity contribution >= 4 is 35.6 Å². The minimum absolute atomic E-state index is 0. The van der Waals surface area contributed by atoms with Gasteiger partial charge in [-0.2, -0.15) is 0 Å². The molecular weight excluding hydrogens is 294 g/mol. The number of hydrogen-bond acceptors (Lipinski definition) is 4. The van der Waals surface area contributed by atoms with Gasteiger partial charge in [-0.15, -0.1) is 12.4 Å². The summed E-state index contributed by atoms with van der Waals surface area (Å²) in [6.07, 6.45) is 1.87. The van der Waals surface area contributed by atoms with Crippen molar-refractivity contribution < 1.29 is 14.3 Å². The second kappa shape index (κ2) is 7.85. The topological polar surface area (TPSA) is 79.5 Å². The first-order valence-corrected chi connectivity index (χ1v) is 6.60. The third-order valence-electron chi connectivity index (χ3n) is 3.16. The van der Waals surface area contributed by atoms with Gasteiger partial charge in [0.1, 0.15) is 5.75 Å². The molecule has 3 N–H and O–H groups in total. The fourth-order valence-electron chi connectivity index (χ4n) is 2.20. The summed E-state index contributed by atoms with van der Waals surface area (Å²) in [5, 5.41) is 8.66. The molecule has 6 nitrogen and oxygen atoms in total. The SMILES string of the molecule is COc1cc(NC(=O)C2CCCN2)ccc1NC(C)=O.Cl. The van der Waals surface area contributed by atoms with E-state index in [2.05, 4.69) is 16.0 Å². The second-order valence-corrected chi connectivity index (χ2v) is 4.73. The molecular formula is C14H20ClN3O3. The van der Waals surface area contributed by atoms with Crippen LogP contribution < -0.4 is 20.7 Å². The number of nitrogens with one attached hydrogen (secondary N) is 3. The molecule has 1 aromatic rings. The third-order valence-corrected chi connectivity index (χ3v) is 3.16. The summed E-state index contributed by atoms with van der Waals surface area (Å²) >= 11 is 0. The Bertz CT molecular complexity index is 516. The van der Waals surface area contributed by atoms with Crippen molar-refractivity contribution in [1.29, 1.82) is 0 Å². The molecule has 2 rings (SSSR count). The summed E-state index contributed by atoms with van der Waals surface area (Å²) in [6.45, 7) is 2.31. The quantitative estimate of drug-likeness (QED) is 0.791. The number of ether oxygens (including phenoxy) is 1. The number of rotatable bonds is 4. The van der Waals surface area contributed by atoms with E-state index in [0.29, 0.717) is 17.1 Å². The highest BCUT2D eigenvalue weighted by Gasteiger charge is 2.22. The van der Waals surface area contributed by atoms with Gasteiger partial charge in [0.2, 0.25) is 11.8 Å². The molecule has 116 valence electrons. The van der Waals surface area contributed by atoms with E-state index < -0.39 is 0 Å². The first-order valence-electron chi connectivity index (χ1n) is 6.60. The van der Waals surface area contributed by atoms with Crippen LogP contribution >= 0.6 is 12.4 Å². The lowest BCUT2D eigenvalue weighted by atomic mass is 10.2. The molecule has 0 spiro atoms. The Kier molecular flexibility index (Phi) is 6.45. The van der Waals surface area contributed by atoms with Crippen LogP contribution in [0.4, 0.5) is 11.4 Å². The van der Waals surface area contributed by atoms with Gasteiger partial charge in [0.15, 0.2) is 0 Å². The van der Waals surface area contributed by atoms with E-state index in [9.17, 15) is 9.59 Å². The van der Waals surface area contributed by atoms with Crippen LogP contribution in [0.25, 0.3) is 0 Å². The van der Waals surface area contributed by atoms with Crippen LogP contribution in [0.2, 0.25) is 0 Å². The van der Waals surface area contributed by atoms with E-state index in [0.717, 1.165) is 19.4 Å². The Hall–Kier alpha value is -1.79. The van der Waals surface area contributed by atoms with Gasteiger partial charge in [-0.1, -0.05) is 0 Å². The lowest BCUT2D eigenvalue weighted by Crippen LogP contribution is -2.35. The van der Waals surface area contributed by atoms with Gasteiger partial charge < -0.3 is 20.7 Å². The van der Waals surface area contributed by atoms with Crippen molar-refractivity contribution in [2.45, 2.75) is 25.8 Å². The first-order chi connectivity index (χ1) is 9.60. The number of anilines is 2. The molecule has 1 fully saturated rings. The number of carbonyl (C=O) groups is 2. The number of amides is 2. The summed E-state index contributed by atoms with van der Waals surface area (Å²) < 4.78 is 5.21. The lowest BCUT2D eigenvalue weighted by molar-refractivity contribution is -0.118. The van der Waals surface area contributed by atoms with Gasteiger partial charge in [0, 0.05) is 18.7 Å². The zero-order valence-electron chi connectivity index (χ0n) is 12.1. The maximum atomic E-state index is 12.0. The normalized spacial score (nSPS) is 16.8. The van der Waals surface area contributed by atoms with Gasteiger partial charge >= 0.3 is 0 Å². The molecule has 1 atom stereocenters. The monoisotopic (exact) mass is 313 g/mol. The average molecular weight is 314 g/mol.